The topological polar surface area (TPSA) is 26.3 Å². The minimum absolute atomic E-state index is 0.0451. The summed E-state index contributed by atoms with van der Waals surface area (Å²) in [7, 11) is 0. The van der Waals surface area contributed by atoms with Crippen molar-refractivity contribution in [3.05, 3.63) is 11.1 Å². The van der Waals surface area contributed by atoms with Crippen LogP contribution >= 0.6 is 0 Å². The Bertz CT molecular complexity index is 274. The van der Waals surface area contributed by atoms with Gasteiger partial charge in [0.05, 0.1) is 12.5 Å². The summed E-state index contributed by atoms with van der Waals surface area (Å²) in [6.45, 7) is 4.92. The van der Waals surface area contributed by atoms with E-state index in [1.54, 1.807) is 0 Å². The lowest BCUT2D eigenvalue weighted by Gasteiger charge is -2.11. The van der Waals surface area contributed by atoms with Crippen LogP contribution in [0.5, 0.6) is 0 Å². The minimum atomic E-state index is 0.0451. The van der Waals surface area contributed by atoms with Crippen LogP contribution in [0.15, 0.2) is 11.1 Å². The molecule has 2 rings (SSSR count). The Morgan fingerprint density at radius 3 is 2.86 bits per heavy atom. The van der Waals surface area contributed by atoms with Gasteiger partial charge in [-0.1, -0.05) is 11.1 Å². The summed E-state index contributed by atoms with van der Waals surface area (Å²) in [5, 5.41) is 0. The number of ether oxygens (including phenoxy) is 1. The second-order valence-electron chi connectivity index (χ2n) is 4.69. The van der Waals surface area contributed by atoms with Crippen molar-refractivity contribution in [2.75, 3.05) is 6.61 Å². The number of hydrogen-bond acceptors (Lipinski definition) is 2. The van der Waals surface area contributed by atoms with E-state index in [-0.39, 0.29) is 11.9 Å². The van der Waals surface area contributed by atoms with E-state index in [1.165, 1.54) is 11.1 Å². The third kappa shape index (κ3) is 1.70. The van der Waals surface area contributed by atoms with Crippen LogP contribution in [-0.4, -0.2) is 12.6 Å². The molecule has 0 aromatic carbocycles. The highest BCUT2D eigenvalue weighted by Gasteiger charge is 2.38. The van der Waals surface area contributed by atoms with E-state index in [1.807, 2.05) is 0 Å². The van der Waals surface area contributed by atoms with Gasteiger partial charge < -0.3 is 4.74 Å². The van der Waals surface area contributed by atoms with Gasteiger partial charge in [-0.3, -0.25) is 4.79 Å². The first kappa shape index (κ1) is 9.75. The van der Waals surface area contributed by atoms with Gasteiger partial charge in [0, 0.05) is 0 Å². The quantitative estimate of drug-likeness (QED) is 0.438. The number of hydrogen-bond donors (Lipinski definition) is 0. The highest BCUT2D eigenvalue weighted by atomic mass is 16.5. The highest BCUT2D eigenvalue weighted by Crippen LogP contribution is 2.41. The van der Waals surface area contributed by atoms with Crippen LogP contribution in [0.4, 0.5) is 0 Å². The summed E-state index contributed by atoms with van der Waals surface area (Å²) in [5.74, 6) is 0.779. The summed E-state index contributed by atoms with van der Waals surface area (Å²) < 4.78 is 5.18. The van der Waals surface area contributed by atoms with Crippen LogP contribution in [-0.2, 0) is 9.53 Å². The van der Waals surface area contributed by atoms with E-state index in [0.29, 0.717) is 12.5 Å². The molecule has 0 aromatic rings. The van der Waals surface area contributed by atoms with Crippen molar-refractivity contribution in [2.24, 2.45) is 11.8 Å². The third-order valence-corrected chi connectivity index (χ3v) is 3.52. The fraction of sp³-hybridized carbons (Fsp3) is 0.750. The third-order valence-electron chi connectivity index (χ3n) is 3.52. The number of fused-ring (bicyclic) bond motifs is 1. The van der Waals surface area contributed by atoms with Gasteiger partial charge in [-0.15, -0.1) is 0 Å². The predicted octanol–water partition coefficient (Wildman–Crippen LogP) is 2.69. The Morgan fingerprint density at radius 2 is 2.14 bits per heavy atom. The van der Waals surface area contributed by atoms with Crippen LogP contribution in [0.25, 0.3) is 0 Å². The molecule has 2 aliphatic rings. The Balaban J connectivity index is 2.17. The highest BCUT2D eigenvalue weighted by molar-refractivity contribution is 5.74. The molecule has 1 heterocycles. The maximum Gasteiger partial charge on any atom is 0.309 e. The molecule has 0 bridgehead atoms. The molecule has 78 valence electrons. The van der Waals surface area contributed by atoms with Crippen LogP contribution in [0.1, 0.15) is 39.5 Å². The second kappa shape index (κ2) is 3.76. The summed E-state index contributed by atoms with van der Waals surface area (Å²) in [6, 6.07) is 0. The van der Waals surface area contributed by atoms with Crippen LogP contribution in [0, 0.1) is 11.8 Å². The predicted molar refractivity (Wildman–Crippen MR) is 54.8 cm³/mol. The van der Waals surface area contributed by atoms with E-state index in [2.05, 4.69) is 13.8 Å². The van der Waals surface area contributed by atoms with Gasteiger partial charge in [-0.05, 0) is 45.4 Å². The SMILES string of the molecule is CC(C)=C1C[C@@H]2CCCOC(=O)[C@@H]2C1. The Kier molecular flexibility index (Phi) is 2.62. The lowest BCUT2D eigenvalue weighted by molar-refractivity contribution is -0.147. The first-order chi connectivity index (χ1) is 6.68. The molecular formula is C12H18O2. The number of rotatable bonds is 0. The summed E-state index contributed by atoms with van der Waals surface area (Å²) >= 11 is 0. The summed E-state index contributed by atoms with van der Waals surface area (Å²) in [4.78, 5) is 11.6. The van der Waals surface area contributed by atoms with Crippen molar-refractivity contribution in [1.29, 1.82) is 0 Å². The van der Waals surface area contributed by atoms with E-state index in [0.717, 1.165) is 25.7 Å². The van der Waals surface area contributed by atoms with Gasteiger partial charge >= 0.3 is 5.97 Å². The largest absolute Gasteiger partial charge is 0.465 e. The monoisotopic (exact) mass is 194 g/mol. The molecule has 0 N–H and O–H groups in total. The smallest absolute Gasteiger partial charge is 0.309 e. The Hall–Kier alpha value is -0.790. The fourth-order valence-electron chi connectivity index (χ4n) is 2.59. The number of allylic oxidation sites excluding steroid dienone is 2. The zero-order valence-electron chi connectivity index (χ0n) is 9.01. The minimum Gasteiger partial charge on any atom is -0.465 e. The molecule has 2 atom stereocenters. The van der Waals surface area contributed by atoms with Crippen molar-refractivity contribution in [3.63, 3.8) is 0 Å². The van der Waals surface area contributed by atoms with Crippen LogP contribution in [0.2, 0.25) is 0 Å². The zero-order chi connectivity index (χ0) is 10.1. The van der Waals surface area contributed by atoms with E-state index in [4.69, 9.17) is 4.74 Å². The average Bonchev–Trinajstić information content (AvgIpc) is 2.49. The van der Waals surface area contributed by atoms with E-state index < -0.39 is 0 Å². The lowest BCUT2D eigenvalue weighted by Crippen LogP contribution is -2.18. The molecular weight excluding hydrogens is 176 g/mol. The molecule has 2 heteroatoms. The van der Waals surface area contributed by atoms with E-state index >= 15 is 0 Å². The zero-order valence-corrected chi connectivity index (χ0v) is 9.01. The molecule has 0 radical (unpaired) electrons. The van der Waals surface area contributed by atoms with Gasteiger partial charge in [0.15, 0.2) is 0 Å². The molecule has 0 unspecified atom stereocenters. The number of cyclic esters (lactones) is 1. The van der Waals surface area contributed by atoms with Gasteiger partial charge in [-0.25, -0.2) is 0 Å². The molecule has 1 aliphatic heterocycles. The molecule has 0 aromatic heterocycles. The second-order valence-corrected chi connectivity index (χ2v) is 4.69. The van der Waals surface area contributed by atoms with Crippen LogP contribution in [0.3, 0.4) is 0 Å². The number of esters is 1. The molecule has 0 amide bonds. The molecule has 2 nitrogen and oxygen atoms in total. The lowest BCUT2D eigenvalue weighted by atomic mass is 9.93. The maximum absolute atomic E-state index is 11.6. The molecule has 1 saturated carbocycles. The van der Waals surface area contributed by atoms with E-state index in [9.17, 15) is 4.79 Å². The van der Waals surface area contributed by atoms with Gasteiger partial charge in [-0.2, -0.15) is 0 Å². The fourth-order valence-corrected chi connectivity index (χ4v) is 2.59. The first-order valence-corrected chi connectivity index (χ1v) is 5.50. The van der Waals surface area contributed by atoms with Crippen molar-refractivity contribution < 1.29 is 9.53 Å². The van der Waals surface area contributed by atoms with Gasteiger partial charge in [0.2, 0.25) is 0 Å². The Morgan fingerprint density at radius 1 is 1.36 bits per heavy atom. The molecule has 0 spiro atoms. The average molecular weight is 194 g/mol. The molecule has 14 heavy (non-hydrogen) atoms. The van der Waals surface area contributed by atoms with Gasteiger partial charge in [0.1, 0.15) is 0 Å². The standard InChI is InChI=1S/C12H18O2/c1-8(2)10-6-9-4-3-5-14-12(13)11(9)7-10/h9,11H,3-7H2,1-2H3/t9-,11+/m0/s1. The number of carbonyl (C=O) groups is 1. The maximum atomic E-state index is 11.6. The number of carbonyl (C=O) groups excluding carboxylic acids is 1. The molecule has 1 aliphatic carbocycles. The van der Waals surface area contributed by atoms with Crippen LogP contribution < -0.4 is 0 Å². The normalized spacial score (nSPS) is 32.1. The first-order valence-electron chi connectivity index (χ1n) is 5.50. The van der Waals surface area contributed by atoms with Crippen molar-refractivity contribution >= 4 is 5.97 Å². The van der Waals surface area contributed by atoms with Gasteiger partial charge in [0.25, 0.3) is 0 Å². The summed E-state index contributed by atoms with van der Waals surface area (Å²) in [6.07, 6.45) is 4.28. The molecule has 2 fully saturated rings. The molecule has 1 saturated heterocycles. The van der Waals surface area contributed by atoms with Crippen molar-refractivity contribution in [3.8, 4) is 0 Å². The van der Waals surface area contributed by atoms with Crippen molar-refractivity contribution in [1.82, 2.24) is 0 Å². The Labute approximate surface area is 85.3 Å². The van der Waals surface area contributed by atoms with Crippen molar-refractivity contribution in [2.45, 2.75) is 39.5 Å². The summed E-state index contributed by atoms with van der Waals surface area (Å²) in [5.41, 5.74) is 2.88.